The molecule has 5 rings (SSSR count). The molecule has 1 aliphatic heterocycles. The molecule has 3 amide bonds. The topological polar surface area (TPSA) is 87.7 Å². The van der Waals surface area contributed by atoms with Gasteiger partial charge >= 0.3 is 0 Å². The van der Waals surface area contributed by atoms with Gasteiger partial charge in [0.05, 0.1) is 23.5 Å². The van der Waals surface area contributed by atoms with Crippen LogP contribution in [0.2, 0.25) is 0 Å². The van der Waals surface area contributed by atoms with Crippen LogP contribution in [-0.4, -0.2) is 47.9 Å². The molecule has 2 fully saturated rings. The SMILES string of the molecule is CC1CN(C(=O)c2ccc(CNC(=O)c3cc4ccccc4cc3NC(=O)C3CC3)cc2)CC(C)O1. The number of amides is 3. The van der Waals surface area contributed by atoms with Gasteiger partial charge in [-0.05, 0) is 67.3 Å². The van der Waals surface area contributed by atoms with Crippen molar-refractivity contribution in [3.63, 3.8) is 0 Å². The Morgan fingerprint density at radius 2 is 1.56 bits per heavy atom. The van der Waals surface area contributed by atoms with Gasteiger partial charge in [0, 0.05) is 31.1 Å². The summed E-state index contributed by atoms with van der Waals surface area (Å²) in [5, 5.41) is 7.80. The van der Waals surface area contributed by atoms with Crippen molar-refractivity contribution in [2.24, 2.45) is 5.92 Å². The van der Waals surface area contributed by atoms with Crippen LogP contribution in [0.25, 0.3) is 10.8 Å². The molecule has 1 aliphatic carbocycles. The molecule has 2 atom stereocenters. The summed E-state index contributed by atoms with van der Waals surface area (Å²) in [6, 6.07) is 18.8. The molecular weight excluding hydrogens is 454 g/mol. The number of nitrogens with one attached hydrogen (secondary N) is 2. The maximum absolute atomic E-state index is 13.2. The van der Waals surface area contributed by atoms with E-state index in [2.05, 4.69) is 10.6 Å². The Morgan fingerprint density at radius 3 is 2.19 bits per heavy atom. The van der Waals surface area contributed by atoms with Gasteiger partial charge in [-0.25, -0.2) is 0 Å². The van der Waals surface area contributed by atoms with E-state index in [4.69, 9.17) is 4.74 Å². The molecule has 0 bridgehead atoms. The molecular formula is C29H31N3O4. The van der Waals surface area contributed by atoms with Crippen LogP contribution in [0.15, 0.2) is 60.7 Å². The number of rotatable bonds is 6. The van der Waals surface area contributed by atoms with E-state index >= 15 is 0 Å². The summed E-state index contributed by atoms with van der Waals surface area (Å²) in [7, 11) is 0. The van der Waals surface area contributed by atoms with Gasteiger partial charge in [0.15, 0.2) is 0 Å². The standard InChI is InChI=1S/C29H31N3O4/c1-18-16-32(17-19(2)36-18)29(35)22-9-7-20(8-10-22)15-30-28(34)25-13-23-5-3-4-6-24(23)14-26(25)31-27(33)21-11-12-21/h3-10,13-14,18-19,21H,11-12,15-17H2,1-2H3,(H,30,34)(H,31,33). The largest absolute Gasteiger partial charge is 0.372 e. The summed E-state index contributed by atoms with van der Waals surface area (Å²) in [5.74, 6) is -0.274. The van der Waals surface area contributed by atoms with Gasteiger partial charge in [-0.15, -0.1) is 0 Å². The van der Waals surface area contributed by atoms with E-state index in [0.29, 0.717) is 36.4 Å². The molecule has 0 spiro atoms. The highest BCUT2D eigenvalue weighted by Crippen LogP contribution is 2.32. The van der Waals surface area contributed by atoms with Crippen LogP contribution in [0.1, 0.15) is 53.0 Å². The van der Waals surface area contributed by atoms with E-state index < -0.39 is 0 Å². The number of carbonyl (C=O) groups is 3. The van der Waals surface area contributed by atoms with Crippen molar-refractivity contribution >= 4 is 34.2 Å². The highest BCUT2D eigenvalue weighted by Gasteiger charge is 2.30. The lowest BCUT2D eigenvalue weighted by atomic mass is 10.0. The quantitative estimate of drug-likeness (QED) is 0.543. The molecule has 3 aromatic rings. The van der Waals surface area contributed by atoms with Crippen LogP contribution in [0.3, 0.4) is 0 Å². The van der Waals surface area contributed by atoms with Crippen molar-refractivity contribution in [1.82, 2.24) is 10.2 Å². The lowest BCUT2D eigenvalue weighted by Crippen LogP contribution is -2.48. The summed E-state index contributed by atoms with van der Waals surface area (Å²) in [4.78, 5) is 40.3. The van der Waals surface area contributed by atoms with Crippen molar-refractivity contribution in [2.75, 3.05) is 18.4 Å². The fourth-order valence-electron chi connectivity index (χ4n) is 4.68. The van der Waals surface area contributed by atoms with E-state index in [1.165, 1.54) is 0 Å². The first-order valence-electron chi connectivity index (χ1n) is 12.5. The van der Waals surface area contributed by atoms with Gasteiger partial charge in [-0.2, -0.15) is 0 Å². The Bertz CT molecular complexity index is 1290. The van der Waals surface area contributed by atoms with Crippen LogP contribution in [0.4, 0.5) is 5.69 Å². The molecule has 1 saturated heterocycles. The third-order valence-electron chi connectivity index (χ3n) is 6.70. The minimum atomic E-state index is -0.261. The van der Waals surface area contributed by atoms with Crippen molar-refractivity contribution in [3.05, 3.63) is 77.4 Å². The molecule has 2 aliphatic rings. The first-order valence-corrected chi connectivity index (χ1v) is 12.5. The summed E-state index contributed by atoms with van der Waals surface area (Å²) < 4.78 is 5.72. The molecule has 3 aromatic carbocycles. The zero-order valence-electron chi connectivity index (χ0n) is 20.6. The average Bonchev–Trinajstić information content (AvgIpc) is 3.72. The number of ether oxygens (including phenoxy) is 1. The second kappa shape index (κ2) is 10.1. The predicted molar refractivity (Wildman–Crippen MR) is 139 cm³/mol. The van der Waals surface area contributed by atoms with Crippen LogP contribution in [0.5, 0.6) is 0 Å². The molecule has 0 aromatic heterocycles. The Labute approximate surface area is 210 Å². The van der Waals surface area contributed by atoms with E-state index in [-0.39, 0.29) is 35.8 Å². The number of hydrogen-bond acceptors (Lipinski definition) is 4. The minimum Gasteiger partial charge on any atom is -0.372 e. The van der Waals surface area contributed by atoms with E-state index in [0.717, 1.165) is 29.2 Å². The smallest absolute Gasteiger partial charge is 0.254 e. The zero-order chi connectivity index (χ0) is 25.2. The molecule has 36 heavy (non-hydrogen) atoms. The molecule has 7 heteroatoms. The first-order chi connectivity index (χ1) is 17.4. The summed E-state index contributed by atoms with van der Waals surface area (Å²) in [6.45, 7) is 5.40. The molecule has 1 heterocycles. The van der Waals surface area contributed by atoms with E-state index in [1.807, 2.05) is 67.3 Å². The van der Waals surface area contributed by atoms with Crippen molar-refractivity contribution in [3.8, 4) is 0 Å². The van der Waals surface area contributed by atoms with E-state index in [1.54, 1.807) is 12.1 Å². The fourth-order valence-corrected chi connectivity index (χ4v) is 4.68. The van der Waals surface area contributed by atoms with Crippen molar-refractivity contribution < 1.29 is 19.1 Å². The number of fused-ring (bicyclic) bond motifs is 1. The molecule has 0 radical (unpaired) electrons. The first kappa shape index (κ1) is 24.0. The number of hydrogen-bond donors (Lipinski definition) is 2. The number of morpholine rings is 1. The maximum Gasteiger partial charge on any atom is 0.254 e. The maximum atomic E-state index is 13.2. The lowest BCUT2D eigenvalue weighted by molar-refractivity contribution is -0.117. The number of benzene rings is 3. The van der Waals surface area contributed by atoms with Crippen LogP contribution < -0.4 is 10.6 Å². The van der Waals surface area contributed by atoms with Gasteiger partial charge in [-0.1, -0.05) is 36.4 Å². The Hall–Kier alpha value is -3.71. The summed E-state index contributed by atoms with van der Waals surface area (Å²) in [6.07, 6.45) is 1.81. The monoisotopic (exact) mass is 485 g/mol. The van der Waals surface area contributed by atoms with Crippen LogP contribution in [0, 0.1) is 5.92 Å². The second-order valence-electron chi connectivity index (χ2n) is 9.86. The minimum absolute atomic E-state index is 0.0141. The number of carbonyl (C=O) groups excluding carboxylic acids is 3. The molecule has 2 unspecified atom stereocenters. The average molecular weight is 486 g/mol. The van der Waals surface area contributed by atoms with Crippen molar-refractivity contribution in [1.29, 1.82) is 0 Å². The summed E-state index contributed by atoms with van der Waals surface area (Å²) in [5.41, 5.74) is 2.46. The molecule has 2 N–H and O–H groups in total. The van der Waals surface area contributed by atoms with E-state index in [9.17, 15) is 14.4 Å². The Morgan fingerprint density at radius 1 is 0.917 bits per heavy atom. The highest BCUT2D eigenvalue weighted by atomic mass is 16.5. The number of nitrogens with zero attached hydrogens (tertiary/aromatic N) is 1. The Balaban J connectivity index is 1.27. The van der Waals surface area contributed by atoms with Gasteiger partial charge < -0.3 is 20.3 Å². The lowest BCUT2D eigenvalue weighted by Gasteiger charge is -2.35. The van der Waals surface area contributed by atoms with Crippen molar-refractivity contribution in [2.45, 2.75) is 45.4 Å². The number of anilines is 1. The van der Waals surface area contributed by atoms with Crippen LogP contribution in [-0.2, 0) is 16.1 Å². The molecule has 7 nitrogen and oxygen atoms in total. The normalized spacial score (nSPS) is 19.7. The van der Waals surface area contributed by atoms with Gasteiger partial charge in [0.1, 0.15) is 0 Å². The van der Waals surface area contributed by atoms with Crippen LogP contribution >= 0.6 is 0 Å². The van der Waals surface area contributed by atoms with Gasteiger partial charge in [-0.3, -0.25) is 14.4 Å². The highest BCUT2D eigenvalue weighted by molar-refractivity contribution is 6.08. The second-order valence-corrected chi connectivity index (χ2v) is 9.86. The van der Waals surface area contributed by atoms with Gasteiger partial charge in [0.25, 0.3) is 11.8 Å². The predicted octanol–water partition coefficient (Wildman–Crippen LogP) is 4.37. The molecule has 186 valence electrons. The zero-order valence-corrected chi connectivity index (χ0v) is 20.6. The third kappa shape index (κ3) is 5.41. The Kier molecular flexibility index (Phi) is 6.74. The fraction of sp³-hybridized carbons (Fsp3) is 0.345. The van der Waals surface area contributed by atoms with Gasteiger partial charge in [0.2, 0.25) is 5.91 Å². The molecule has 1 saturated carbocycles. The third-order valence-corrected chi connectivity index (χ3v) is 6.70. The summed E-state index contributed by atoms with van der Waals surface area (Å²) >= 11 is 0.